The van der Waals surface area contributed by atoms with Crippen molar-refractivity contribution in [3.63, 3.8) is 0 Å². The SMILES string of the molecule is Nc1cc(Cl)c(F)cc1-c1c[c]sc1CCN1CCOCC1. The first-order valence-electron chi connectivity index (χ1n) is 7.19. The zero-order valence-corrected chi connectivity index (χ0v) is 13.6. The Labute approximate surface area is 138 Å². The van der Waals surface area contributed by atoms with E-state index in [1.54, 1.807) is 11.3 Å². The molecule has 1 aromatic heterocycles. The number of hydrogen-bond donors (Lipinski definition) is 1. The molecule has 3 nitrogen and oxygen atoms in total. The Morgan fingerprint density at radius 3 is 2.86 bits per heavy atom. The zero-order chi connectivity index (χ0) is 15.5. The molecule has 2 N–H and O–H groups in total. The lowest BCUT2D eigenvalue weighted by Gasteiger charge is -2.26. The maximum atomic E-state index is 13.7. The number of halogens is 2. The third-order valence-corrected chi connectivity index (χ3v) is 5.02. The highest BCUT2D eigenvalue weighted by molar-refractivity contribution is 7.10. The Hall–Kier alpha value is -1.14. The quantitative estimate of drug-likeness (QED) is 0.867. The largest absolute Gasteiger partial charge is 0.398 e. The molecule has 0 aliphatic carbocycles. The van der Waals surface area contributed by atoms with Crippen LogP contribution < -0.4 is 5.73 Å². The number of nitrogen functional groups attached to an aromatic ring is 1. The standard InChI is InChI=1S/C16H17ClFN2OS/c17-13-10-15(19)12(9-14(13)18)11-2-8-22-16(11)1-3-20-4-6-21-7-5-20/h2,9-10H,1,3-7,19H2. The predicted octanol–water partition coefficient (Wildman–Crippen LogP) is 3.46. The summed E-state index contributed by atoms with van der Waals surface area (Å²) in [5.41, 5.74) is 8.13. The van der Waals surface area contributed by atoms with Gasteiger partial charge in [0.25, 0.3) is 0 Å². The van der Waals surface area contributed by atoms with Crippen molar-refractivity contribution in [3.05, 3.63) is 39.3 Å². The number of rotatable bonds is 4. The Balaban J connectivity index is 1.78. The third-order valence-electron chi connectivity index (χ3n) is 3.83. The lowest BCUT2D eigenvalue weighted by atomic mass is 10.0. The lowest BCUT2D eigenvalue weighted by molar-refractivity contribution is 0.0385. The van der Waals surface area contributed by atoms with Gasteiger partial charge in [0.1, 0.15) is 5.82 Å². The number of hydrogen-bond acceptors (Lipinski definition) is 4. The van der Waals surface area contributed by atoms with Gasteiger partial charge in [0.15, 0.2) is 0 Å². The van der Waals surface area contributed by atoms with Crippen LogP contribution in [0.4, 0.5) is 10.1 Å². The average molecular weight is 340 g/mol. The summed E-state index contributed by atoms with van der Waals surface area (Å²) >= 11 is 7.33. The van der Waals surface area contributed by atoms with Crippen LogP contribution in [0.2, 0.25) is 5.02 Å². The summed E-state index contributed by atoms with van der Waals surface area (Å²) in [7, 11) is 0. The molecule has 0 atom stereocenters. The van der Waals surface area contributed by atoms with E-state index in [2.05, 4.69) is 10.3 Å². The molecule has 1 aromatic carbocycles. The van der Waals surface area contributed by atoms with E-state index in [0.29, 0.717) is 11.3 Å². The number of thiophene rings is 1. The molecule has 117 valence electrons. The minimum absolute atomic E-state index is 0.0512. The number of anilines is 1. The molecule has 2 aromatic rings. The van der Waals surface area contributed by atoms with Gasteiger partial charge in [-0.1, -0.05) is 11.6 Å². The second kappa shape index (κ2) is 6.96. The van der Waals surface area contributed by atoms with Crippen LogP contribution in [-0.2, 0) is 11.2 Å². The molecule has 0 saturated carbocycles. The van der Waals surface area contributed by atoms with Gasteiger partial charge in [-0.25, -0.2) is 4.39 Å². The van der Waals surface area contributed by atoms with Gasteiger partial charge in [0.05, 0.1) is 18.2 Å². The first-order valence-corrected chi connectivity index (χ1v) is 8.38. The van der Waals surface area contributed by atoms with E-state index in [1.165, 1.54) is 17.0 Å². The molecule has 3 rings (SSSR count). The average Bonchev–Trinajstić information content (AvgIpc) is 2.98. The van der Waals surface area contributed by atoms with E-state index < -0.39 is 5.82 Å². The molecule has 0 unspecified atom stereocenters. The molecule has 1 aliphatic heterocycles. The molecule has 0 amide bonds. The molecule has 1 fully saturated rings. The van der Waals surface area contributed by atoms with Gasteiger partial charge in [-0.2, -0.15) is 0 Å². The summed E-state index contributed by atoms with van der Waals surface area (Å²) in [6, 6.07) is 4.75. The van der Waals surface area contributed by atoms with Crippen LogP contribution in [0.15, 0.2) is 18.2 Å². The van der Waals surface area contributed by atoms with Crippen LogP contribution in [0.25, 0.3) is 11.1 Å². The molecular formula is C16H17ClFN2OS. The van der Waals surface area contributed by atoms with E-state index in [1.807, 2.05) is 6.07 Å². The summed E-state index contributed by atoms with van der Waals surface area (Å²) < 4.78 is 19.1. The highest BCUT2D eigenvalue weighted by Crippen LogP contribution is 2.35. The molecule has 6 heteroatoms. The molecule has 2 heterocycles. The zero-order valence-electron chi connectivity index (χ0n) is 12.1. The number of ether oxygens (including phenoxy) is 1. The van der Waals surface area contributed by atoms with E-state index >= 15 is 0 Å². The fourth-order valence-electron chi connectivity index (χ4n) is 2.59. The molecule has 22 heavy (non-hydrogen) atoms. The van der Waals surface area contributed by atoms with Gasteiger partial charge in [0.2, 0.25) is 0 Å². The molecule has 1 radical (unpaired) electrons. The van der Waals surface area contributed by atoms with Crippen molar-refractivity contribution in [1.82, 2.24) is 4.90 Å². The minimum atomic E-state index is -0.448. The molecule has 0 spiro atoms. The monoisotopic (exact) mass is 339 g/mol. The van der Waals surface area contributed by atoms with Crippen LogP contribution in [0.1, 0.15) is 4.88 Å². The second-order valence-corrected chi connectivity index (χ2v) is 6.60. The summed E-state index contributed by atoms with van der Waals surface area (Å²) in [4.78, 5) is 3.54. The first kappa shape index (κ1) is 15.7. The molecule has 1 aliphatic rings. The van der Waals surface area contributed by atoms with Gasteiger partial charge in [-0.05, 0) is 30.2 Å². The predicted molar refractivity (Wildman–Crippen MR) is 88.9 cm³/mol. The fraction of sp³-hybridized carbons (Fsp3) is 0.375. The van der Waals surface area contributed by atoms with E-state index in [4.69, 9.17) is 22.1 Å². The van der Waals surface area contributed by atoms with Crippen molar-refractivity contribution in [2.75, 3.05) is 38.6 Å². The van der Waals surface area contributed by atoms with Crippen LogP contribution in [0.3, 0.4) is 0 Å². The van der Waals surface area contributed by atoms with Crippen molar-refractivity contribution in [3.8, 4) is 11.1 Å². The summed E-state index contributed by atoms with van der Waals surface area (Å²) in [5, 5.41) is 3.18. The minimum Gasteiger partial charge on any atom is -0.398 e. The Morgan fingerprint density at radius 2 is 2.09 bits per heavy atom. The van der Waals surface area contributed by atoms with Crippen molar-refractivity contribution >= 4 is 28.6 Å². The van der Waals surface area contributed by atoms with Crippen molar-refractivity contribution in [2.24, 2.45) is 0 Å². The van der Waals surface area contributed by atoms with Crippen LogP contribution in [0.5, 0.6) is 0 Å². The van der Waals surface area contributed by atoms with Crippen LogP contribution in [0, 0.1) is 11.2 Å². The van der Waals surface area contributed by atoms with E-state index in [0.717, 1.165) is 44.8 Å². The van der Waals surface area contributed by atoms with Gasteiger partial charge in [-0.15, -0.1) is 11.3 Å². The second-order valence-electron chi connectivity index (χ2n) is 5.26. The first-order chi connectivity index (χ1) is 10.6. The number of benzene rings is 1. The summed E-state index contributed by atoms with van der Waals surface area (Å²) in [6.45, 7) is 4.46. The topological polar surface area (TPSA) is 38.5 Å². The smallest absolute Gasteiger partial charge is 0.142 e. The number of nitrogens with two attached hydrogens (primary N) is 1. The molecule has 1 saturated heterocycles. The Morgan fingerprint density at radius 1 is 1.32 bits per heavy atom. The maximum absolute atomic E-state index is 13.7. The van der Waals surface area contributed by atoms with Gasteiger partial charge in [0, 0.05) is 41.1 Å². The van der Waals surface area contributed by atoms with Gasteiger partial charge in [-0.3, -0.25) is 4.90 Å². The van der Waals surface area contributed by atoms with Gasteiger partial charge < -0.3 is 10.5 Å². The summed E-state index contributed by atoms with van der Waals surface area (Å²) in [5.74, 6) is -0.448. The van der Waals surface area contributed by atoms with E-state index in [9.17, 15) is 4.39 Å². The highest BCUT2D eigenvalue weighted by atomic mass is 35.5. The van der Waals surface area contributed by atoms with Gasteiger partial charge >= 0.3 is 0 Å². The lowest BCUT2D eigenvalue weighted by Crippen LogP contribution is -2.37. The normalized spacial score (nSPS) is 16.1. The highest BCUT2D eigenvalue weighted by Gasteiger charge is 2.15. The number of nitrogens with zero attached hydrogens (tertiary/aromatic N) is 1. The maximum Gasteiger partial charge on any atom is 0.142 e. The van der Waals surface area contributed by atoms with E-state index in [-0.39, 0.29) is 5.02 Å². The Kier molecular flexibility index (Phi) is 4.98. The molecular weight excluding hydrogens is 323 g/mol. The fourth-order valence-corrected chi connectivity index (χ4v) is 3.55. The van der Waals surface area contributed by atoms with Crippen molar-refractivity contribution in [1.29, 1.82) is 0 Å². The third kappa shape index (κ3) is 3.43. The Bertz CT molecular complexity index is 656. The summed E-state index contributed by atoms with van der Waals surface area (Å²) in [6.07, 6.45) is 0.896. The number of morpholine rings is 1. The molecule has 0 bridgehead atoms. The van der Waals surface area contributed by atoms with Crippen molar-refractivity contribution < 1.29 is 9.13 Å². The van der Waals surface area contributed by atoms with Crippen molar-refractivity contribution in [2.45, 2.75) is 6.42 Å². The van der Waals surface area contributed by atoms with Crippen LogP contribution >= 0.6 is 22.9 Å². The van der Waals surface area contributed by atoms with Crippen LogP contribution in [-0.4, -0.2) is 37.7 Å².